The molecule has 3 rings (SSSR count). The van der Waals surface area contributed by atoms with Crippen LogP contribution in [0.5, 0.6) is 5.75 Å². The topological polar surface area (TPSA) is 76.4 Å². The molecule has 0 bridgehead atoms. The third-order valence-corrected chi connectivity index (χ3v) is 3.62. The Balaban J connectivity index is 2.09. The van der Waals surface area contributed by atoms with Gasteiger partial charge < -0.3 is 15.2 Å². The minimum Gasteiger partial charge on any atom is -0.497 e. The Bertz CT molecular complexity index is 725. The number of aliphatic hydroxyl groups excluding tert-OH is 1. The van der Waals surface area contributed by atoms with E-state index in [9.17, 15) is 4.79 Å². The fraction of sp³-hybridized carbons (Fsp3) is 0.333. The molecule has 21 heavy (non-hydrogen) atoms. The molecule has 6 heteroatoms. The Morgan fingerprint density at radius 1 is 1.43 bits per heavy atom. The quantitative estimate of drug-likeness (QED) is 0.873. The number of nitrogens with zero attached hydrogens (tertiary/aromatic N) is 2. The number of hydrogen-bond acceptors (Lipinski definition) is 5. The average molecular weight is 287 g/mol. The lowest BCUT2D eigenvalue weighted by atomic mass is 9.97. The van der Waals surface area contributed by atoms with Gasteiger partial charge in [-0.25, -0.2) is 4.79 Å². The molecule has 2 N–H and O–H groups in total. The van der Waals surface area contributed by atoms with Crippen molar-refractivity contribution in [1.82, 2.24) is 9.55 Å². The zero-order valence-electron chi connectivity index (χ0n) is 11.8. The van der Waals surface area contributed by atoms with Crippen LogP contribution in [-0.2, 0) is 13.0 Å². The van der Waals surface area contributed by atoms with Crippen LogP contribution in [0.4, 0.5) is 5.82 Å². The van der Waals surface area contributed by atoms with Gasteiger partial charge in [-0.15, -0.1) is 0 Å². The highest BCUT2D eigenvalue weighted by molar-refractivity contribution is 5.69. The lowest BCUT2D eigenvalue weighted by Gasteiger charge is -2.22. The second-order valence-corrected chi connectivity index (χ2v) is 4.88. The van der Waals surface area contributed by atoms with E-state index < -0.39 is 0 Å². The van der Waals surface area contributed by atoms with E-state index in [4.69, 9.17) is 9.84 Å². The van der Waals surface area contributed by atoms with Crippen LogP contribution in [0.1, 0.15) is 5.56 Å². The minimum absolute atomic E-state index is 0.00607. The number of benzene rings is 1. The van der Waals surface area contributed by atoms with Crippen molar-refractivity contribution < 1.29 is 9.84 Å². The Hall–Kier alpha value is -2.34. The molecule has 0 unspecified atom stereocenters. The van der Waals surface area contributed by atoms with E-state index >= 15 is 0 Å². The summed E-state index contributed by atoms with van der Waals surface area (Å²) >= 11 is 0. The molecule has 0 spiro atoms. The van der Waals surface area contributed by atoms with Crippen LogP contribution in [0.2, 0.25) is 0 Å². The summed E-state index contributed by atoms with van der Waals surface area (Å²) < 4.78 is 6.93. The SMILES string of the molecule is COc1ccc2c(c1)CCn1c-2cc(NCCO)nc1=O. The molecule has 0 radical (unpaired) electrons. The van der Waals surface area contributed by atoms with Crippen molar-refractivity contribution in [3.8, 4) is 17.0 Å². The molecule has 6 nitrogen and oxygen atoms in total. The summed E-state index contributed by atoms with van der Waals surface area (Å²) in [5.74, 6) is 1.31. The maximum absolute atomic E-state index is 12.1. The van der Waals surface area contributed by atoms with Gasteiger partial charge in [0.2, 0.25) is 0 Å². The van der Waals surface area contributed by atoms with E-state index in [1.807, 2.05) is 24.3 Å². The van der Waals surface area contributed by atoms with Crippen molar-refractivity contribution in [1.29, 1.82) is 0 Å². The van der Waals surface area contributed by atoms with Gasteiger partial charge >= 0.3 is 5.69 Å². The van der Waals surface area contributed by atoms with Gasteiger partial charge in [0.05, 0.1) is 19.4 Å². The van der Waals surface area contributed by atoms with Gasteiger partial charge in [0, 0.05) is 24.7 Å². The Labute approximate surface area is 122 Å². The molecule has 1 aliphatic heterocycles. The summed E-state index contributed by atoms with van der Waals surface area (Å²) in [5.41, 5.74) is 2.76. The van der Waals surface area contributed by atoms with Crippen molar-refractivity contribution in [2.24, 2.45) is 0 Å². The molecule has 110 valence electrons. The first-order valence-corrected chi connectivity index (χ1v) is 6.87. The highest BCUT2D eigenvalue weighted by atomic mass is 16.5. The van der Waals surface area contributed by atoms with Crippen LogP contribution in [0.25, 0.3) is 11.3 Å². The third kappa shape index (κ3) is 2.50. The third-order valence-electron chi connectivity index (χ3n) is 3.62. The predicted octanol–water partition coefficient (Wildman–Crippen LogP) is 0.879. The van der Waals surface area contributed by atoms with Crippen molar-refractivity contribution in [3.05, 3.63) is 40.3 Å². The maximum atomic E-state index is 12.1. The number of rotatable bonds is 4. The highest BCUT2D eigenvalue weighted by Crippen LogP contribution is 2.31. The van der Waals surface area contributed by atoms with E-state index in [1.165, 1.54) is 0 Å². The van der Waals surface area contributed by atoms with Crippen molar-refractivity contribution in [3.63, 3.8) is 0 Å². The van der Waals surface area contributed by atoms with Gasteiger partial charge in [-0.2, -0.15) is 4.98 Å². The molecular formula is C15H17N3O3. The number of methoxy groups -OCH3 is 1. The van der Waals surface area contributed by atoms with Gasteiger partial charge in [-0.3, -0.25) is 4.57 Å². The molecule has 1 aromatic carbocycles. The summed E-state index contributed by atoms with van der Waals surface area (Å²) in [7, 11) is 1.64. The van der Waals surface area contributed by atoms with E-state index in [2.05, 4.69) is 10.3 Å². The number of ether oxygens (including phenoxy) is 1. The summed E-state index contributed by atoms with van der Waals surface area (Å²) in [5, 5.41) is 11.8. The number of nitrogens with one attached hydrogen (secondary N) is 1. The number of aryl methyl sites for hydroxylation is 1. The van der Waals surface area contributed by atoms with Crippen LogP contribution >= 0.6 is 0 Å². The number of hydrogen-bond donors (Lipinski definition) is 2. The molecule has 0 atom stereocenters. The number of aliphatic hydroxyl groups is 1. The molecule has 2 aromatic rings. The average Bonchev–Trinajstić information content (AvgIpc) is 2.52. The zero-order chi connectivity index (χ0) is 14.8. The van der Waals surface area contributed by atoms with Gasteiger partial charge in [0.25, 0.3) is 0 Å². The minimum atomic E-state index is -0.269. The summed E-state index contributed by atoms with van der Waals surface area (Å²) in [4.78, 5) is 16.1. The predicted molar refractivity (Wildman–Crippen MR) is 79.8 cm³/mol. The molecule has 1 aliphatic rings. The number of anilines is 1. The van der Waals surface area contributed by atoms with E-state index in [1.54, 1.807) is 11.7 Å². The first-order chi connectivity index (χ1) is 10.2. The smallest absolute Gasteiger partial charge is 0.349 e. The van der Waals surface area contributed by atoms with Crippen LogP contribution in [0.3, 0.4) is 0 Å². The molecule has 0 saturated carbocycles. The maximum Gasteiger partial charge on any atom is 0.349 e. The lowest BCUT2D eigenvalue weighted by Crippen LogP contribution is -2.29. The summed E-state index contributed by atoms with van der Waals surface area (Å²) in [6.07, 6.45) is 0.782. The molecule has 2 heterocycles. The molecule has 0 fully saturated rings. The Morgan fingerprint density at radius 3 is 3.05 bits per heavy atom. The summed E-state index contributed by atoms with van der Waals surface area (Å²) in [6, 6.07) is 7.71. The standard InChI is InChI=1S/C15H17N3O3/c1-21-11-2-3-12-10(8-11)4-6-18-13(12)9-14(16-5-7-19)17-15(18)20/h2-3,8-9,19H,4-7H2,1H3,(H,16,17,20). The monoisotopic (exact) mass is 287 g/mol. The van der Waals surface area contributed by atoms with E-state index in [0.29, 0.717) is 18.9 Å². The van der Waals surface area contributed by atoms with Crippen LogP contribution < -0.4 is 15.7 Å². The van der Waals surface area contributed by atoms with Gasteiger partial charge in [-0.1, -0.05) is 0 Å². The zero-order valence-corrected chi connectivity index (χ0v) is 11.8. The van der Waals surface area contributed by atoms with Crippen LogP contribution in [0.15, 0.2) is 29.1 Å². The van der Waals surface area contributed by atoms with Gasteiger partial charge in [0.1, 0.15) is 11.6 Å². The first kappa shape index (κ1) is 13.6. The van der Waals surface area contributed by atoms with Crippen molar-refractivity contribution >= 4 is 5.82 Å². The van der Waals surface area contributed by atoms with Crippen molar-refractivity contribution in [2.75, 3.05) is 25.6 Å². The molecule has 0 aliphatic carbocycles. The Morgan fingerprint density at radius 2 is 2.29 bits per heavy atom. The first-order valence-electron chi connectivity index (χ1n) is 6.87. The lowest BCUT2D eigenvalue weighted by molar-refractivity contribution is 0.311. The largest absolute Gasteiger partial charge is 0.497 e. The second-order valence-electron chi connectivity index (χ2n) is 4.88. The molecule has 0 amide bonds. The van der Waals surface area contributed by atoms with E-state index in [-0.39, 0.29) is 12.3 Å². The molecule has 1 aromatic heterocycles. The van der Waals surface area contributed by atoms with E-state index in [0.717, 1.165) is 29.0 Å². The fourth-order valence-electron chi connectivity index (χ4n) is 2.61. The Kier molecular flexibility index (Phi) is 3.62. The second kappa shape index (κ2) is 5.57. The fourth-order valence-corrected chi connectivity index (χ4v) is 2.61. The van der Waals surface area contributed by atoms with Gasteiger partial charge in [0.15, 0.2) is 0 Å². The molecule has 0 saturated heterocycles. The number of fused-ring (bicyclic) bond motifs is 3. The molecular weight excluding hydrogens is 270 g/mol. The van der Waals surface area contributed by atoms with Crippen LogP contribution in [-0.4, -0.2) is 34.9 Å². The normalized spacial score (nSPS) is 12.5. The number of aromatic nitrogens is 2. The van der Waals surface area contributed by atoms with Gasteiger partial charge in [-0.05, 0) is 30.2 Å². The summed E-state index contributed by atoms with van der Waals surface area (Å²) in [6.45, 7) is 0.973. The van der Waals surface area contributed by atoms with Crippen LogP contribution in [0, 0.1) is 0 Å². The highest BCUT2D eigenvalue weighted by Gasteiger charge is 2.18. The van der Waals surface area contributed by atoms with Crippen molar-refractivity contribution in [2.45, 2.75) is 13.0 Å².